The van der Waals surface area contributed by atoms with Gasteiger partial charge in [0.2, 0.25) is 0 Å². The second-order valence-corrected chi connectivity index (χ2v) is 10.8. The maximum atomic E-state index is 13.9. The van der Waals surface area contributed by atoms with Crippen LogP contribution in [0.5, 0.6) is 0 Å². The van der Waals surface area contributed by atoms with Crippen molar-refractivity contribution in [3.05, 3.63) is 131 Å². The van der Waals surface area contributed by atoms with E-state index in [0.29, 0.717) is 42.6 Å². The number of benzene rings is 5. The molecule has 204 valence electrons. The Morgan fingerprint density at radius 1 is 0.683 bits per heavy atom. The van der Waals surface area contributed by atoms with E-state index in [1.165, 1.54) is 0 Å². The smallest absolute Gasteiger partial charge is 0.254 e. The third-order valence-corrected chi connectivity index (χ3v) is 8.24. The molecule has 6 rings (SSSR count). The third kappa shape index (κ3) is 5.48. The van der Waals surface area contributed by atoms with Gasteiger partial charge in [-0.3, -0.25) is 14.4 Å². The number of nitrogens with zero attached hydrogens (tertiary/aromatic N) is 2. The number of carbonyl (C=O) groups excluding carboxylic acids is 3. The van der Waals surface area contributed by atoms with Crippen LogP contribution in [0.25, 0.3) is 21.5 Å². The summed E-state index contributed by atoms with van der Waals surface area (Å²) in [6, 6.07) is 35.0. The summed E-state index contributed by atoms with van der Waals surface area (Å²) in [5.74, 6) is -0.215. The van der Waals surface area contributed by atoms with E-state index in [1.54, 1.807) is 4.90 Å². The minimum Gasteiger partial charge on any atom is -0.339 e. The molecule has 0 bridgehead atoms. The Morgan fingerprint density at radius 2 is 1.24 bits per heavy atom. The molecular formula is C36H32N2O3. The summed E-state index contributed by atoms with van der Waals surface area (Å²) in [7, 11) is 1.81. The maximum Gasteiger partial charge on any atom is 0.254 e. The van der Waals surface area contributed by atoms with Gasteiger partial charge in [0.1, 0.15) is 0 Å². The molecular weight excluding hydrogens is 508 g/mol. The molecule has 5 heteroatoms. The zero-order valence-corrected chi connectivity index (χ0v) is 23.1. The molecule has 0 atom stereocenters. The molecule has 1 saturated heterocycles. The SMILES string of the molecule is CN(C(=O)c1cc2ccccc2cc1C(=O)Cc1ccccc1)C1CCN(C(=O)c2ccc3ccccc3c2)CC1. The van der Waals surface area contributed by atoms with Crippen LogP contribution in [0.15, 0.2) is 109 Å². The first-order valence-electron chi connectivity index (χ1n) is 14.1. The van der Waals surface area contributed by atoms with Crippen molar-refractivity contribution in [2.24, 2.45) is 0 Å². The summed E-state index contributed by atoms with van der Waals surface area (Å²) in [4.78, 5) is 44.3. The van der Waals surface area contributed by atoms with E-state index in [9.17, 15) is 14.4 Å². The highest BCUT2D eigenvalue weighted by Gasteiger charge is 2.30. The Hall–Kier alpha value is -4.77. The number of hydrogen-bond donors (Lipinski definition) is 0. The van der Waals surface area contributed by atoms with Crippen LogP contribution in [0.3, 0.4) is 0 Å². The Morgan fingerprint density at radius 3 is 1.90 bits per heavy atom. The van der Waals surface area contributed by atoms with Crippen LogP contribution in [0.4, 0.5) is 0 Å². The first-order chi connectivity index (χ1) is 20.0. The van der Waals surface area contributed by atoms with Gasteiger partial charge in [-0.1, -0.05) is 84.9 Å². The normalized spacial score (nSPS) is 13.8. The molecule has 0 unspecified atom stereocenters. The van der Waals surface area contributed by atoms with Crippen LogP contribution in [0, 0.1) is 0 Å². The lowest BCUT2D eigenvalue weighted by Gasteiger charge is -2.37. The first-order valence-corrected chi connectivity index (χ1v) is 14.1. The Labute approximate surface area is 240 Å². The largest absolute Gasteiger partial charge is 0.339 e. The number of carbonyl (C=O) groups is 3. The third-order valence-electron chi connectivity index (χ3n) is 8.24. The molecule has 1 aliphatic rings. The van der Waals surface area contributed by atoms with E-state index in [0.717, 1.165) is 27.1 Å². The predicted molar refractivity (Wildman–Crippen MR) is 163 cm³/mol. The van der Waals surface area contributed by atoms with Gasteiger partial charge in [-0.2, -0.15) is 0 Å². The number of ketones is 1. The molecule has 0 spiro atoms. The molecule has 0 aromatic heterocycles. The van der Waals surface area contributed by atoms with Gasteiger partial charge in [-0.25, -0.2) is 0 Å². The zero-order valence-electron chi connectivity index (χ0n) is 23.1. The molecule has 1 aliphatic heterocycles. The second kappa shape index (κ2) is 11.4. The molecule has 0 radical (unpaired) electrons. The molecule has 5 aromatic rings. The van der Waals surface area contributed by atoms with Crippen molar-refractivity contribution in [1.82, 2.24) is 9.80 Å². The fourth-order valence-electron chi connectivity index (χ4n) is 5.84. The highest BCUT2D eigenvalue weighted by Crippen LogP contribution is 2.26. The molecule has 1 heterocycles. The average molecular weight is 541 g/mol. The van der Waals surface area contributed by atoms with Gasteiger partial charge in [-0.15, -0.1) is 0 Å². The summed E-state index contributed by atoms with van der Waals surface area (Å²) >= 11 is 0. The molecule has 41 heavy (non-hydrogen) atoms. The standard InChI is InChI=1S/C36H32N2O3/c1-37(31-17-19-38(20-18-31)35(40)30-16-15-26-11-5-6-12-27(26)22-30)36(41)33-24-29-14-8-7-13-28(29)23-32(33)34(39)21-25-9-3-2-4-10-25/h2-16,22-24,31H,17-21H2,1H3. The quantitative estimate of drug-likeness (QED) is 0.223. The highest BCUT2D eigenvalue weighted by atomic mass is 16.2. The molecule has 0 saturated carbocycles. The summed E-state index contributed by atoms with van der Waals surface area (Å²) < 4.78 is 0. The van der Waals surface area contributed by atoms with Crippen LogP contribution in [0.1, 0.15) is 49.5 Å². The van der Waals surface area contributed by atoms with Gasteiger partial charge in [0.25, 0.3) is 11.8 Å². The van der Waals surface area contributed by atoms with E-state index in [4.69, 9.17) is 0 Å². The van der Waals surface area contributed by atoms with Gasteiger partial charge in [0, 0.05) is 43.7 Å². The van der Waals surface area contributed by atoms with Gasteiger partial charge < -0.3 is 9.80 Å². The number of rotatable bonds is 6. The van der Waals surface area contributed by atoms with Gasteiger partial charge in [0.05, 0.1) is 5.56 Å². The number of likely N-dealkylation sites (tertiary alicyclic amines) is 1. The fourth-order valence-corrected chi connectivity index (χ4v) is 5.84. The summed E-state index contributed by atoms with van der Waals surface area (Å²) in [5, 5.41) is 4.02. The minimum atomic E-state index is -0.161. The molecule has 2 amide bonds. The van der Waals surface area contributed by atoms with Crippen LogP contribution >= 0.6 is 0 Å². The van der Waals surface area contributed by atoms with Crippen LogP contribution in [-0.2, 0) is 6.42 Å². The Balaban J connectivity index is 1.19. The van der Waals surface area contributed by atoms with E-state index >= 15 is 0 Å². The van der Waals surface area contributed by atoms with Crippen LogP contribution < -0.4 is 0 Å². The van der Waals surface area contributed by atoms with Crippen molar-refractivity contribution in [1.29, 1.82) is 0 Å². The molecule has 0 aliphatic carbocycles. The topological polar surface area (TPSA) is 57.7 Å². The number of hydrogen-bond acceptors (Lipinski definition) is 3. The molecule has 0 N–H and O–H groups in total. The Bertz CT molecular complexity index is 1750. The summed E-state index contributed by atoms with van der Waals surface area (Å²) in [5.41, 5.74) is 2.49. The van der Waals surface area contributed by atoms with E-state index < -0.39 is 0 Å². The predicted octanol–water partition coefficient (Wildman–Crippen LogP) is 6.80. The average Bonchev–Trinajstić information content (AvgIpc) is 3.03. The van der Waals surface area contributed by atoms with Gasteiger partial charge >= 0.3 is 0 Å². The lowest BCUT2D eigenvalue weighted by atomic mass is 9.93. The lowest BCUT2D eigenvalue weighted by Crippen LogP contribution is -2.47. The second-order valence-electron chi connectivity index (χ2n) is 10.8. The summed E-state index contributed by atoms with van der Waals surface area (Å²) in [6.07, 6.45) is 1.60. The van der Waals surface area contributed by atoms with Crippen molar-refractivity contribution in [3.8, 4) is 0 Å². The van der Waals surface area contributed by atoms with Crippen molar-refractivity contribution in [2.75, 3.05) is 20.1 Å². The molecule has 1 fully saturated rings. The number of fused-ring (bicyclic) bond motifs is 2. The number of Topliss-reactive ketones (excluding diaryl/α,β-unsaturated/α-hetero) is 1. The van der Waals surface area contributed by atoms with Crippen LogP contribution in [0.2, 0.25) is 0 Å². The first kappa shape index (κ1) is 26.5. The fraction of sp³-hybridized carbons (Fsp3) is 0.194. The van der Waals surface area contributed by atoms with E-state index in [-0.39, 0.29) is 30.1 Å². The minimum absolute atomic E-state index is 0.0199. The van der Waals surface area contributed by atoms with Crippen molar-refractivity contribution < 1.29 is 14.4 Å². The number of piperidine rings is 1. The zero-order chi connectivity index (χ0) is 28.3. The van der Waals surface area contributed by atoms with Crippen molar-refractivity contribution >= 4 is 39.1 Å². The van der Waals surface area contributed by atoms with Gasteiger partial charge in [0.15, 0.2) is 5.78 Å². The maximum absolute atomic E-state index is 13.9. The van der Waals surface area contributed by atoms with Gasteiger partial charge in [-0.05, 0) is 64.2 Å². The lowest BCUT2D eigenvalue weighted by molar-refractivity contribution is 0.0567. The van der Waals surface area contributed by atoms with Crippen molar-refractivity contribution in [3.63, 3.8) is 0 Å². The Kier molecular flexibility index (Phi) is 7.34. The highest BCUT2D eigenvalue weighted by molar-refractivity contribution is 6.12. The molecule has 5 aromatic carbocycles. The number of amides is 2. The van der Waals surface area contributed by atoms with Crippen molar-refractivity contribution in [2.45, 2.75) is 25.3 Å². The van der Waals surface area contributed by atoms with Crippen LogP contribution in [-0.4, -0.2) is 53.6 Å². The summed E-state index contributed by atoms with van der Waals surface area (Å²) in [6.45, 7) is 1.15. The molecule has 5 nitrogen and oxygen atoms in total. The van der Waals surface area contributed by atoms with E-state index in [2.05, 4.69) is 0 Å². The monoisotopic (exact) mass is 540 g/mol. The van der Waals surface area contributed by atoms with E-state index in [1.807, 2.05) is 121 Å².